The van der Waals surface area contributed by atoms with E-state index < -0.39 is 0 Å². The molecular formula is C51H31N3O2. The lowest BCUT2D eigenvalue weighted by Gasteiger charge is -2.10. The zero-order chi connectivity index (χ0) is 37.0. The molecule has 0 spiro atoms. The number of benzene rings is 8. The van der Waals surface area contributed by atoms with Crippen molar-refractivity contribution >= 4 is 43.9 Å². The molecule has 0 unspecified atom stereocenters. The van der Waals surface area contributed by atoms with E-state index in [0.29, 0.717) is 17.5 Å². The van der Waals surface area contributed by atoms with Gasteiger partial charge in [0.05, 0.1) is 0 Å². The molecule has 0 saturated carbocycles. The molecule has 11 rings (SSSR count). The van der Waals surface area contributed by atoms with Crippen molar-refractivity contribution in [1.29, 1.82) is 0 Å². The van der Waals surface area contributed by atoms with Gasteiger partial charge in [-0.05, 0) is 81.9 Å². The highest BCUT2D eigenvalue weighted by atomic mass is 16.3. The standard InChI is InChI=1S/C51H31N3O2/c1-3-11-32(12-4-1)33-21-23-34(24-22-33)36-15-9-16-37(29-36)38-25-27-46-43(30-38)48-41(18-10-20-47(48)56-46)51-53-49(35-13-5-2-6-14-35)52-50(54-51)39-26-28-45-42(31-39)40-17-7-8-19-44(40)55-45/h1-31H. The summed E-state index contributed by atoms with van der Waals surface area (Å²) in [5.74, 6) is 1.76. The highest BCUT2D eigenvalue weighted by Crippen LogP contribution is 2.39. The van der Waals surface area contributed by atoms with Gasteiger partial charge in [-0.3, -0.25) is 0 Å². The molecule has 0 saturated heterocycles. The van der Waals surface area contributed by atoms with Crippen LogP contribution in [0.3, 0.4) is 0 Å². The van der Waals surface area contributed by atoms with E-state index in [1.807, 2.05) is 78.9 Å². The molecule has 0 N–H and O–H groups in total. The molecule has 5 heteroatoms. The highest BCUT2D eigenvalue weighted by molar-refractivity contribution is 6.13. The summed E-state index contributed by atoms with van der Waals surface area (Å²) in [6.07, 6.45) is 0. The van der Waals surface area contributed by atoms with Crippen molar-refractivity contribution in [3.8, 4) is 67.5 Å². The van der Waals surface area contributed by atoms with Crippen LogP contribution < -0.4 is 0 Å². The largest absolute Gasteiger partial charge is 0.456 e. The Labute approximate surface area is 322 Å². The fourth-order valence-electron chi connectivity index (χ4n) is 7.76. The average Bonchev–Trinajstić information content (AvgIpc) is 3.85. The lowest BCUT2D eigenvalue weighted by molar-refractivity contribution is 0.668. The molecule has 3 aromatic heterocycles. The van der Waals surface area contributed by atoms with Gasteiger partial charge < -0.3 is 8.83 Å². The SMILES string of the molecule is c1ccc(-c2ccc(-c3cccc(-c4ccc5oc6cccc(-c7nc(-c8ccccc8)nc(-c8ccc9oc%10ccccc%10c9c8)n7)c6c5c4)c3)cc2)cc1. The summed E-state index contributed by atoms with van der Waals surface area (Å²) in [5.41, 5.74) is 12.9. The second kappa shape index (κ2) is 13.0. The Balaban J connectivity index is 1.03. The minimum Gasteiger partial charge on any atom is -0.456 e. The van der Waals surface area contributed by atoms with Crippen LogP contribution in [0.1, 0.15) is 0 Å². The zero-order valence-corrected chi connectivity index (χ0v) is 30.1. The lowest BCUT2D eigenvalue weighted by Crippen LogP contribution is -2.00. The molecule has 0 aliphatic heterocycles. The first-order valence-corrected chi connectivity index (χ1v) is 18.7. The smallest absolute Gasteiger partial charge is 0.164 e. The van der Waals surface area contributed by atoms with Gasteiger partial charge in [0, 0.05) is 38.2 Å². The fraction of sp³-hybridized carbons (Fsp3) is 0. The summed E-state index contributed by atoms with van der Waals surface area (Å²) in [7, 11) is 0. The number of hydrogen-bond acceptors (Lipinski definition) is 5. The first-order chi connectivity index (χ1) is 27.7. The molecule has 0 aliphatic carbocycles. The molecule has 11 aromatic rings. The molecule has 0 atom stereocenters. The van der Waals surface area contributed by atoms with Crippen molar-refractivity contribution in [3.63, 3.8) is 0 Å². The summed E-state index contributed by atoms with van der Waals surface area (Å²) >= 11 is 0. The van der Waals surface area contributed by atoms with Crippen LogP contribution in [0.25, 0.3) is 111 Å². The summed E-state index contributed by atoms with van der Waals surface area (Å²) in [6, 6.07) is 64.7. The summed E-state index contributed by atoms with van der Waals surface area (Å²) in [5, 5.41) is 4.04. The second-order valence-corrected chi connectivity index (χ2v) is 14.0. The van der Waals surface area contributed by atoms with Crippen molar-refractivity contribution in [2.24, 2.45) is 0 Å². The molecule has 56 heavy (non-hydrogen) atoms. The van der Waals surface area contributed by atoms with Gasteiger partial charge in [0.2, 0.25) is 0 Å². The van der Waals surface area contributed by atoms with Gasteiger partial charge in [-0.1, -0.05) is 140 Å². The minimum absolute atomic E-state index is 0.575. The monoisotopic (exact) mass is 717 g/mol. The van der Waals surface area contributed by atoms with Gasteiger partial charge in [-0.2, -0.15) is 0 Å². The third-order valence-corrected chi connectivity index (χ3v) is 10.6. The van der Waals surface area contributed by atoms with Crippen LogP contribution in [0.2, 0.25) is 0 Å². The Morgan fingerprint density at radius 2 is 0.732 bits per heavy atom. The van der Waals surface area contributed by atoms with Crippen LogP contribution in [0, 0.1) is 0 Å². The minimum atomic E-state index is 0.575. The Bertz CT molecular complexity index is 3240. The number of furan rings is 2. The van der Waals surface area contributed by atoms with Gasteiger partial charge in [0.1, 0.15) is 22.3 Å². The van der Waals surface area contributed by atoms with Crippen molar-refractivity contribution in [1.82, 2.24) is 15.0 Å². The van der Waals surface area contributed by atoms with E-state index in [-0.39, 0.29) is 0 Å². The molecule has 3 heterocycles. The lowest BCUT2D eigenvalue weighted by atomic mass is 9.96. The predicted molar refractivity (Wildman–Crippen MR) is 227 cm³/mol. The van der Waals surface area contributed by atoms with E-state index >= 15 is 0 Å². The molecule has 0 radical (unpaired) electrons. The number of nitrogens with zero attached hydrogens (tertiary/aromatic N) is 3. The van der Waals surface area contributed by atoms with E-state index in [1.165, 1.54) is 16.7 Å². The topological polar surface area (TPSA) is 65.0 Å². The third kappa shape index (κ3) is 5.53. The molecular weight excluding hydrogens is 687 g/mol. The fourth-order valence-corrected chi connectivity index (χ4v) is 7.76. The van der Waals surface area contributed by atoms with E-state index in [1.54, 1.807) is 0 Å². The zero-order valence-electron chi connectivity index (χ0n) is 30.1. The van der Waals surface area contributed by atoms with Crippen molar-refractivity contribution < 1.29 is 8.83 Å². The second-order valence-electron chi connectivity index (χ2n) is 14.0. The first-order valence-electron chi connectivity index (χ1n) is 18.7. The van der Waals surface area contributed by atoms with Crippen LogP contribution >= 0.6 is 0 Å². The maximum absolute atomic E-state index is 6.47. The predicted octanol–water partition coefficient (Wildman–Crippen LogP) is 13.7. The van der Waals surface area contributed by atoms with Crippen LogP contribution in [-0.4, -0.2) is 15.0 Å². The van der Waals surface area contributed by atoms with Gasteiger partial charge in [-0.15, -0.1) is 0 Å². The number of rotatable bonds is 6. The summed E-state index contributed by atoms with van der Waals surface area (Å²) in [4.78, 5) is 15.3. The quantitative estimate of drug-likeness (QED) is 0.171. The molecule has 0 amide bonds. The van der Waals surface area contributed by atoms with Gasteiger partial charge in [0.25, 0.3) is 0 Å². The van der Waals surface area contributed by atoms with Crippen LogP contribution in [0.15, 0.2) is 197 Å². The molecule has 8 aromatic carbocycles. The maximum Gasteiger partial charge on any atom is 0.164 e. The van der Waals surface area contributed by atoms with Gasteiger partial charge >= 0.3 is 0 Å². The normalized spacial score (nSPS) is 11.6. The molecule has 0 bridgehead atoms. The Morgan fingerprint density at radius 1 is 0.268 bits per heavy atom. The number of aromatic nitrogens is 3. The highest BCUT2D eigenvalue weighted by Gasteiger charge is 2.19. The van der Waals surface area contributed by atoms with E-state index in [9.17, 15) is 0 Å². The first kappa shape index (κ1) is 31.9. The Hall–Kier alpha value is -7.63. The van der Waals surface area contributed by atoms with Gasteiger partial charge in [-0.25, -0.2) is 15.0 Å². The maximum atomic E-state index is 6.47. The Kier molecular flexibility index (Phi) is 7.42. The molecule has 262 valence electrons. The number of para-hydroxylation sites is 1. The molecule has 0 aliphatic rings. The van der Waals surface area contributed by atoms with Crippen LogP contribution in [0.4, 0.5) is 0 Å². The summed E-state index contributed by atoms with van der Waals surface area (Å²) < 4.78 is 12.6. The summed E-state index contributed by atoms with van der Waals surface area (Å²) in [6.45, 7) is 0. The Morgan fingerprint density at radius 3 is 1.52 bits per heavy atom. The van der Waals surface area contributed by atoms with E-state index in [4.69, 9.17) is 23.8 Å². The molecule has 5 nitrogen and oxygen atoms in total. The average molecular weight is 718 g/mol. The third-order valence-electron chi connectivity index (χ3n) is 10.6. The van der Waals surface area contributed by atoms with Crippen molar-refractivity contribution in [2.75, 3.05) is 0 Å². The van der Waals surface area contributed by atoms with Crippen molar-refractivity contribution in [3.05, 3.63) is 188 Å². The number of hydrogen-bond donors (Lipinski definition) is 0. The van der Waals surface area contributed by atoms with Crippen LogP contribution in [0.5, 0.6) is 0 Å². The van der Waals surface area contributed by atoms with Gasteiger partial charge in [0.15, 0.2) is 17.5 Å². The molecule has 0 fully saturated rings. The van der Waals surface area contributed by atoms with E-state index in [0.717, 1.165) is 77.3 Å². The van der Waals surface area contributed by atoms with E-state index in [2.05, 4.69) is 109 Å². The number of fused-ring (bicyclic) bond motifs is 6. The van der Waals surface area contributed by atoms with Crippen molar-refractivity contribution in [2.45, 2.75) is 0 Å². The van der Waals surface area contributed by atoms with Crippen LogP contribution in [-0.2, 0) is 0 Å².